The maximum Gasteiger partial charge on any atom is 0.100 e. The van der Waals surface area contributed by atoms with Crippen molar-refractivity contribution in [3.63, 3.8) is 0 Å². The molecule has 1 aliphatic rings. The largest absolute Gasteiger partial charge is 0.307 e. The lowest BCUT2D eigenvalue weighted by atomic mass is 10.0. The van der Waals surface area contributed by atoms with Crippen molar-refractivity contribution in [2.45, 2.75) is 51.6 Å². The van der Waals surface area contributed by atoms with Crippen LogP contribution in [0.5, 0.6) is 0 Å². The molecule has 1 atom stereocenters. The van der Waals surface area contributed by atoms with Crippen molar-refractivity contribution in [2.24, 2.45) is 0 Å². The summed E-state index contributed by atoms with van der Waals surface area (Å²) in [6.45, 7) is 7.50. The number of rotatable bonds is 3. The van der Waals surface area contributed by atoms with Gasteiger partial charge in [0.25, 0.3) is 0 Å². The molecule has 1 N–H and O–H groups in total. The Kier molecular flexibility index (Phi) is 3.65. The van der Waals surface area contributed by atoms with Gasteiger partial charge < -0.3 is 5.32 Å². The quantitative estimate of drug-likeness (QED) is 0.918. The van der Waals surface area contributed by atoms with Crippen molar-refractivity contribution < 1.29 is 0 Å². The topological polar surface area (TPSA) is 24.9 Å². The van der Waals surface area contributed by atoms with Crippen LogP contribution in [0.3, 0.4) is 0 Å². The Hall–Kier alpha value is -1.19. The molecule has 1 heterocycles. The molecule has 0 radical (unpaired) electrons. The van der Waals surface area contributed by atoms with Crippen LogP contribution in [0.15, 0.2) is 30.5 Å². The predicted octanol–water partition coefficient (Wildman–Crippen LogP) is 4.11. The average Bonchev–Trinajstić information content (AvgIpc) is 3.01. The van der Waals surface area contributed by atoms with Crippen LogP contribution in [-0.2, 0) is 13.0 Å². The van der Waals surface area contributed by atoms with Crippen molar-refractivity contribution in [1.29, 1.82) is 0 Å². The number of aromatic nitrogens is 1. The van der Waals surface area contributed by atoms with E-state index in [9.17, 15) is 0 Å². The number of hydrogen-bond donors (Lipinski definition) is 1. The van der Waals surface area contributed by atoms with E-state index in [1.165, 1.54) is 33.9 Å². The fraction of sp³-hybridized carbons (Fsp3) is 0.471. The summed E-state index contributed by atoms with van der Waals surface area (Å²) in [5.41, 5.74) is 3.14. The summed E-state index contributed by atoms with van der Waals surface area (Å²) in [5, 5.41) is 4.81. The predicted molar refractivity (Wildman–Crippen MR) is 85.3 cm³/mol. The first-order chi connectivity index (χ1) is 9.53. The van der Waals surface area contributed by atoms with Crippen LogP contribution in [0, 0.1) is 0 Å². The summed E-state index contributed by atoms with van der Waals surface area (Å²) in [6.07, 6.45) is 4.44. The van der Waals surface area contributed by atoms with Gasteiger partial charge in [0.05, 0.1) is 0 Å². The van der Waals surface area contributed by atoms with Gasteiger partial charge in [-0.05, 0) is 44.7 Å². The Morgan fingerprint density at radius 3 is 2.90 bits per heavy atom. The summed E-state index contributed by atoms with van der Waals surface area (Å²) in [7, 11) is 0. The Labute approximate surface area is 125 Å². The number of thiazole rings is 1. The molecule has 1 unspecified atom stereocenters. The fourth-order valence-corrected chi connectivity index (χ4v) is 3.74. The molecule has 1 aliphatic carbocycles. The van der Waals surface area contributed by atoms with Crippen LogP contribution < -0.4 is 5.32 Å². The van der Waals surface area contributed by atoms with Gasteiger partial charge in [-0.2, -0.15) is 0 Å². The lowest BCUT2D eigenvalue weighted by Crippen LogP contribution is -2.34. The van der Waals surface area contributed by atoms with E-state index in [2.05, 4.69) is 55.3 Å². The zero-order valence-corrected chi connectivity index (χ0v) is 13.3. The maximum absolute atomic E-state index is 4.68. The molecule has 20 heavy (non-hydrogen) atoms. The van der Waals surface area contributed by atoms with E-state index in [4.69, 9.17) is 0 Å². The Bertz CT molecular complexity index is 595. The molecule has 0 fully saturated rings. The fourth-order valence-electron chi connectivity index (χ4n) is 2.73. The molecule has 0 spiro atoms. The van der Waals surface area contributed by atoms with Crippen molar-refractivity contribution >= 4 is 11.3 Å². The van der Waals surface area contributed by atoms with Gasteiger partial charge in [-0.1, -0.05) is 24.3 Å². The lowest BCUT2D eigenvalue weighted by molar-refractivity contribution is 0.426. The third-order valence-electron chi connectivity index (χ3n) is 3.80. The van der Waals surface area contributed by atoms with Crippen LogP contribution in [-0.4, -0.2) is 10.5 Å². The van der Waals surface area contributed by atoms with E-state index in [0.29, 0.717) is 5.92 Å². The minimum atomic E-state index is 0.157. The summed E-state index contributed by atoms with van der Waals surface area (Å²) >= 11 is 1.86. The molecule has 2 aromatic rings. The first-order valence-electron chi connectivity index (χ1n) is 7.30. The molecular weight excluding hydrogens is 264 g/mol. The number of aryl methyl sites for hydroxylation is 1. The van der Waals surface area contributed by atoms with Crippen molar-refractivity contribution in [3.05, 3.63) is 51.5 Å². The summed E-state index contributed by atoms with van der Waals surface area (Å²) < 4.78 is 0. The monoisotopic (exact) mass is 286 g/mol. The number of fused-ring (bicyclic) bond motifs is 1. The molecule has 0 saturated carbocycles. The van der Waals surface area contributed by atoms with Crippen LogP contribution in [0.25, 0.3) is 0 Å². The lowest BCUT2D eigenvalue weighted by Gasteiger charge is -2.19. The van der Waals surface area contributed by atoms with Gasteiger partial charge in [0.2, 0.25) is 0 Å². The minimum Gasteiger partial charge on any atom is -0.307 e. The second-order valence-corrected chi connectivity index (χ2v) is 7.71. The average molecular weight is 286 g/mol. The number of hydrogen-bond acceptors (Lipinski definition) is 3. The second kappa shape index (κ2) is 5.30. The van der Waals surface area contributed by atoms with E-state index < -0.39 is 0 Å². The van der Waals surface area contributed by atoms with E-state index >= 15 is 0 Å². The smallest absolute Gasteiger partial charge is 0.100 e. The van der Waals surface area contributed by atoms with Crippen molar-refractivity contribution in [3.8, 4) is 0 Å². The van der Waals surface area contributed by atoms with Gasteiger partial charge in [-0.15, -0.1) is 11.3 Å². The van der Waals surface area contributed by atoms with Crippen molar-refractivity contribution in [1.82, 2.24) is 10.3 Å². The molecular formula is C17H22N2S. The standard InChI is InChI=1S/C17H22N2S/c1-17(2,3)19-11-13-10-18-16(20-13)15-9-8-12-6-4-5-7-14(12)15/h4-7,10,15,19H,8-9,11H2,1-3H3. The highest BCUT2D eigenvalue weighted by atomic mass is 32.1. The third-order valence-corrected chi connectivity index (χ3v) is 4.91. The molecule has 3 rings (SSSR count). The second-order valence-electron chi connectivity index (χ2n) is 6.56. The molecule has 0 amide bonds. The van der Waals surface area contributed by atoms with E-state index in [0.717, 1.165) is 6.54 Å². The van der Waals surface area contributed by atoms with Crippen LogP contribution in [0.4, 0.5) is 0 Å². The normalized spacial score (nSPS) is 18.2. The van der Waals surface area contributed by atoms with E-state index in [1.54, 1.807) is 0 Å². The molecule has 2 nitrogen and oxygen atoms in total. The molecule has 1 aromatic carbocycles. The van der Waals surface area contributed by atoms with Gasteiger partial charge in [0, 0.05) is 29.1 Å². The molecule has 0 bridgehead atoms. The van der Waals surface area contributed by atoms with Crippen LogP contribution >= 0.6 is 11.3 Å². The Balaban J connectivity index is 1.75. The Morgan fingerprint density at radius 2 is 2.10 bits per heavy atom. The van der Waals surface area contributed by atoms with Gasteiger partial charge in [-0.25, -0.2) is 4.98 Å². The van der Waals surface area contributed by atoms with E-state index in [-0.39, 0.29) is 5.54 Å². The molecule has 0 saturated heterocycles. The highest BCUT2D eigenvalue weighted by Gasteiger charge is 2.25. The highest BCUT2D eigenvalue weighted by Crippen LogP contribution is 2.39. The molecule has 0 aliphatic heterocycles. The zero-order chi connectivity index (χ0) is 14.2. The van der Waals surface area contributed by atoms with E-state index in [1.807, 2.05) is 17.5 Å². The van der Waals surface area contributed by atoms with Gasteiger partial charge in [-0.3, -0.25) is 0 Å². The molecule has 106 valence electrons. The summed E-state index contributed by atoms with van der Waals surface area (Å²) in [5.74, 6) is 0.514. The van der Waals surface area contributed by atoms with Crippen LogP contribution in [0.1, 0.15) is 54.1 Å². The van der Waals surface area contributed by atoms with Gasteiger partial charge in [0.1, 0.15) is 5.01 Å². The van der Waals surface area contributed by atoms with Gasteiger partial charge >= 0.3 is 0 Å². The summed E-state index contributed by atoms with van der Waals surface area (Å²) in [6, 6.07) is 8.81. The third kappa shape index (κ3) is 2.94. The van der Waals surface area contributed by atoms with Crippen molar-refractivity contribution in [2.75, 3.05) is 0 Å². The zero-order valence-electron chi connectivity index (χ0n) is 12.4. The number of nitrogens with one attached hydrogen (secondary N) is 1. The molecule has 1 aromatic heterocycles. The first kappa shape index (κ1) is 13.8. The van der Waals surface area contributed by atoms with Crippen LogP contribution in [0.2, 0.25) is 0 Å². The number of nitrogens with zero attached hydrogens (tertiary/aromatic N) is 1. The van der Waals surface area contributed by atoms with Gasteiger partial charge in [0.15, 0.2) is 0 Å². The first-order valence-corrected chi connectivity index (χ1v) is 8.12. The summed E-state index contributed by atoms with van der Waals surface area (Å²) in [4.78, 5) is 6.01. The Morgan fingerprint density at radius 1 is 1.30 bits per heavy atom. The number of benzene rings is 1. The molecule has 3 heteroatoms. The highest BCUT2D eigenvalue weighted by molar-refractivity contribution is 7.11. The minimum absolute atomic E-state index is 0.157. The SMILES string of the molecule is CC(C)(C)NCc1cnc(C2CCc3ccccc32)s1. The maximum atomic E-state index is 4.68.